The quantitative estimate of drug-likeness (QED) is 0.588. The molecule has 2 aromatic rings. The van der Waals surface area contributed by atoms with Crippen LogP contribution >= 0.6 is 34.8 Å². The number of carbonyl (C=O) groups is 1. The van der Waals surface area contributed by atoms with Crippen LogP contribution in [0.25, 0.3) is 17.4 Å². The number of carbonyl (C=O) groups excluding carboxylic acids is 1. The third-order valence-electron chi connectivity index (χ3n) is 2.15. The van der Waals surface area contributed by atoms with E-state index in [1.165, 1.54) is 12.2 Å². The molecule has 0 atom stereocenters. The molecular weight excluding hydrogens is 295 g/mol. The van der Waals surface area contributed by atoms with Crippen molar-refractivity contribution >= 4 is 46.1 Å². The Morgan fingerprint density at radius 2 is 1.78 bits per heavy atom. The molecule has 0 aliphatic carbocycles. The van der Waals surface area contributed by atoms with E-state index in [4.69, 9.17) is 39.2 Å². The molecule has 0 N–H and O–H groups in total. The Kier molecular flexibility index (Phi) is 4.12. The second-order valence-corrected chi connectivity index (χ2v) is 4.74. The number of allylic oxidation sites excluding steroid dienone is 1. The van der Waals surface area contributed by atoms with E-state index in [-0.39, 0.29) is 0 Å². The van der Waals surface area contributed by atoms with Crippen molar-refractivity contribution in [3.8, 4) is 11.3 Å². The molecule has 92 valence electrons. The van der Waals surface area contributed by atoms with E-state index in [1.807, 2.05) is 0 Å². The lowest BCUT2D eigenvalue weighted by Crippen LogP contribution is -1.75. The summed E-state index contributed by atoms with van der Waals surface area (Å²) in [5, 5.41) is 0.502. The molecule has 0 saturated carbocycles. The first kappa shape index (κ1) is 13.2. The van der Waals surface area contributed by atoms with Crippen molar-refractivity contribution in [2.75, 3.05) is 0 Å². The lowest BCUT2D eigenvalue weighted by atomic mass is 10.2. The molecule has 2 rings (SSSR count). The van der Waals surface area contributed by atoms with Gasteiger partial charge in [-0.15, -0.1) is 0 Å². The van der Waals surface area contributed by atoms with Crippen LogP contribution in [0, 0.1) is 0 Å². The Hall–Kier alpha value is -1.22. The van der Waals surface area contributed by atoms with Crippen molar-refractivity contribution in [1.29, 1.82) is 0 Å². The number of halogens is 3. The zero-order chi connectivity index (χ0) is 13.1. The van der Waals surface area contributed by atoms with E-state index in [9.17, 15) is 4.79 Å². The van der Waals surface area contributed by atoms with Crippen LogP contribution in [0.1, 0.15) is 5.76 Å². The van der Waals surface area contributed by atoms with Gasteiger partial charge in [0.15, 0.2) is 0 Å². The third kappa shape index (κ3) is 3.39. The molecule has 0 fully saturated rings. The van der Waals surface area contributed by atoms with E-state index in [2.05, 4.69) is 0 Å². The predicted octanol–water partition coefficient (Wildman–Crippen LogP) is 5.03. The lowest BCUT2D eigenvalue weighted by Gasteiger charge is -1.99. The van der Waals surface area contributed by atoms with Gasteiger partial charge in [-0.3, -0.25) is 4.79 Å². The van der Waals surface area contributed by atoms with Crippen LogP contribution in [0.3, 0.4) is 0 Å². The molecular formula is C13H7Cl3O2. The van der Waals surface area contributed by atoms with Gasteiger partial charge in [-0.25, -0.2) is 0 Å². The molecule has 0 amide bonds. The fraction of sp³-hybridized carbons (Fsp3) is 0. The largest absolute Gasteiger partial charge is 0.457 e. The van der Waals surface area contributed by atoms with Gasteiger partial charge in [0, 0.05) is 21.7 Å². The van der Waals surface area contributed by atoms with Crippen molar-refractivity contribution in [2.24, 2.45) is 0 Å². The van der Waals surface area contributed by atoms with Crippen LogP contribution in [0.4, 0.5) is 0 Å². The highest BCUT2D eigenvalue weighted by Gasteiger charge is 2.05. The summed E-state index contributed by atoms with van der Waals surface area (Å²) in [5.41, 5.74) is 0.768. The fourth-order valence-electron chi connectivity index (χ4n) is 1.44. The Labute approximate surface area is 119 Å². The van der Waals surface area contributed by atoms with E-state index in [0.717, 1.165) is 5.56 Å². The van der Waals surface area contributed by atoms with Gasteiger partial charge in [0.25, 0.3) is 0 Å². The zero-order valence-electron chi connectivity index (χ0n) is 8.99. The van der Waals surface area contributed by atoms with E-state index < -0.39 is 5.24 Å². The Morgan fingerprint density at radius 1 is 1.11 bits per heavy atom. The predicted molar refractivity (Wildman–Crippen MR) is 74.1 cm³/mol. The van der Waals surface area contributed by atoms with Crippen LogP contribution in [-0.2, 0) is 4.79 Å². The molecule has 2 nitrogen and oxygen atoms in total. The first-order valence-electron chi connectivity index (χ1n) is 4.98. The highest BCUT2D eigenvalue weighted by molar-refractivity contribution is 6.66. The molecule has 0 radical (unpaired) electrons. The molecule has 1 heterocycles. The highest BCUT2D eigenvalue weighted by Crippen LogP contribution is 2.28. The van der Waals surface area contributed by atoms with Crippen LogP contribution in [0.2, 0.25) is 10.0 Å². The monoisotopic (exact) mass is 300 g/mol. The number of rotatable bonds is 3. The van der Waals surface area contributed by atoms with Gasteiger partial charge in [-0.05, 0) is 48.0 Å². The number of hydrogen-bond acceptors (Lipinski definition) is 2. The normalized spacial score (nSPS) is 11.1. The van der Waals surface area contributed by atoms with Gasteiger partial charge in [0.2, 0.25) is 5.24 Å². The molecule has 5 heteroatoms. The van der Waals surface area contributed by atoms with Crippen LogP contribution in [-0.4, -0.2) is 5.24 Å². The summed E-state index contributed by atoms with van der Waals surface area (Å²) in [6.45, 7) is 0. The molecule has 0 unspecified atom stereocenters. The topological polar surface area (TPSA) is 30.2 Å². The average Bonchev–Trinajstić information content (AvgIpc) is 2.73. The van der Waals surface area contributed by atoms with Crippen LogP contribution in [0.5, 0.6) is 0 Å². The number of benzene rings is 1. The first-order chi connectivity index (χ1) is 8.54. The van der Waals surface area contributed by atoms with Crippen molar-refractivity contribution < 1.29 is 9.21 Å². The molecule has 0 aliphatic rings. The SMILES string of the molecule is O=C(Cl)/C=C/c1ccc(-c2cc(Cl)cc(Cl)c2)o1. The average molecular weight is 302 g/mol. The van der Waals surface area contributed by atoms with Gasteiger partial charge in [0.1, 0.15) is 11.5 Å². The van der Waals surface area contributed by atoms with Gasteiger partial charge < -0.3 is 4.42 Å². The molecule has 1 aromatic carbocycles. The number of hydrogen-bond donors (Lipinski definition) is 0. The van der Waals surface area contributed by atoms with E-state index in [0.29, 0.717) is 21.6 Å². The van der Waals surface area contributed by atoms with E-state index >= 15 is 0 Å². The summed E-state index contributed by atoms with van der Waals surface area (Å²) in [6.07, 6.45) is 2.71. The summed E-state index contributed by atoms with van der Waals surface area (Å²) in [6, 6.07) is 8.61. The summed E-state index contributed by atoms with van der Waals surface area (Å²) in [5.74, 6) is 1.14. The smallest absolute Gasteiger partial charge is 0.245 e. The minimum atomic E-state index is -0.557. The van der Waals surface area contributed by atoms with E-state index in [1.54, 1.807) is 30.3 Å². The second kappa shape index (κ2) is 5.61. The van der Waals surface area contributed by atoms with Crippen LogP contribution < -0.4 is 0 Å². The minimum absolute atomic E-state index is 0.523. The number of furan rings is 1. The molecule has 0 aliphatic heterocycles. The molecule has 0 spiro atoms. The Bertz CT molecular complexity index is 594. The van der Waals surface area contributed by atoms with Gasteiger partial charge in [-0.2, -0.15) is 0 Å². The fourth-order valence-corrected chi connectivity index (χ4v) is 2.03. The maximum atomic E-state index is 10.6. The molecule has 0 saturated heterocycles. The molecule has 1 aromatic heterocycles. The van der Waals surface area contributed by atoms with Crippen LogP contribution in [0.15, 0.2) is 40.8 Å². The summed E-state index contributed by atoms with van der Waals surface area (Å²) in [4.78, 5) is 10.6. The Balaban J connectivity index is 2.32. The van der Waals surface area contributed by atoms with Gasteiger partial charge >= 0.3 is 0 Å². The summed E-state index contributed by atoms with van der Waals surface area (Å²) < 4.78 is 5.52. The maximum absolute atomic E-state index is 10.6. The highest BCUT2D eigenvalue weighted by atomic mass is 35.5. The van der Waals surface area contributed by atoms with Crippen molar-refractivity contribution in [3.63, 3.8) is 0 Å². The summed E-state index contributed by atoms with van der Waals surface area (Å²) in [7, 11) is 0. The molecule has 0 bridgehead atoms. The van der Waals surface area contributed by atoms with Gasteiger partial charge in [0.05, 0.1) is 0 Å². The lowest BCUT2D eigenvalue weighted by molar-refractivity contribution is -0.107. The van der Waals surface area contributed by atoms with Gasteiger partial charge in [-0.1, -0.05) is 23.2 Å². The van der Waals surface area contributed by atoms with Crippen molar-refractivity contribution in [3.05, 3.63) is 52.2 Å². The summed E-state index contributed by atoms with van der Waals surface area (Å²) >= 11 is 17.0. The Morgan fingerprint density at radius 3 is 2.39 bits per heavy atom. The standard InChI is InChI=1S/C13H7Cl3O2/c14-9-5-8(6-10(15)7-9)12-3-1-11(18-12)2-4-13(16)17/h1-7H/b4-2+. The second-order valence-electron chi connectivity index (χ2n) is 3.50. The minimum Gasteiger partial charge on any atom is -0.457 e. The first-order valence-corrected chi connectivity index (χ1v) is 6.12. The van der Waals surface area contributed by atoms with Crippen molar-refractivity contribution in [2.45, 2.75) is 0 Å². The maximum Gasteiger partial charge on any atom is 0.245 e. The third-order valence-corrected chi connectivity index (χ3v) is 2.71. The van der Waals surface area contributed by atoms with Crippen molar-refractivity contribution in [1.82, 2.24) is 0 Å². The molecule has 18 heavy (non-hydrogen) atoms. The zero-order valence-corrected chi connectivity index (χ0v) is 11.3.